The first-order valence-corrected chi connectivity index (χ1v) is 8.92. The monoisotopic (exact) mass is 369 g/mol. The van der Waals surface area contributed by atoms with Crippen LogP contribution in [0, 0.1) is 0 Å². The van der Waals surface area contributed by atoms with Crippen molar-refractivity contribution in [3.05, 3.63) is 42.1 Å². The summed E-state index contributed by atoms with van der Waals surface area (Å²) in [6, 6.07) is 10.7. The van der Waals surface area contributed by atoms with Crippen LogP contribution in [0.3, 0.4) is 0 Å². The van der Waals surface area contributed by atoms with Crippen LogP contribution in [-0.2, 0) is 4.79 Å². The largest absolute Gasteiger partial charge is 0.489 e. The zero-order valence-electron chi connectivity index (χ0n) is 15.5. The highest BCUT2D eigenvalue weighted by Crippen LogP contribution is 2.25. The molecule has 1 aromatic heterocycles. The SMILES string of the molecule is CC(C)Oc1ccccc1NC(=O)c1ccc(N2CCN(C=O)CC2)nn1. The van der Waals surface area contributed by atoms with Gasteiger partial charge in [0.05, 0.1) is 11.8 Å². The number of hydrogen-bond acceptors (Lipinski definition) is 6. The average Bonchev–Trinajstić information content (AvgIpc) is 2.69. The van der Waals surface area contributed by atoms with Crippen molar-refractivity contribution in [3.63, 3.8) is 0 Å². The second kappa shape index (κ2) is 8.48. The maximum Gasteiger partial charge on any atom is 0.276 e. The summed E-state index contributed by atoms with van der Waals surface area (Å²) in [5, 5.41) is 11.0. The van der Waals surface area contributed by atoms with E-state index in [1.165, 1.54) is 0 Å². The number of hydrogen-bond donors (Lipinski definition) is 1. The number of carbonyl (C=O) groups excluding carboxylic acids is 2. The third kappa shape index (κ3) is 4.72. The molecule has 3 rings (SSSR count). The Morgan fingerprint density at radius 2 is 1.85 bits per heavy atom. The van der Waals surface area contributed by atoms with Crippen molar-refractivity contribution in [3.8, 4) is 5.75 Å². The number of anilines is 2. The van der Waals surface area contributed by atoms with Crippen LogP contribution in [0.4, 0.5) is 11.5 Å². The van der Waals surface area contributed by atoms with Crippen LogP contribution >= 0.6 is 0 Å². The van der Waals surface area contributed by atoms with Gasteiger partial charge in [0, 0.05) is 26.2 Å². The lowest BCUT2D eigenvalue weighted by atomic mass is 10.2. The number of nitrogens with zero attached hydrogens (tertiary/aromatic N) is 4. The summed E-state index contributed by atoms with van der Waals surface area (Å²) < 4.78 is 5.71. The fourth-order valence-electron chi connectivity index (χ4n) is 2.78. The van der Waals surface area contributed by atoms with E-state index in [9.17, 15) is 9.59 Å². The first-order chi connectivity index (χ1) is 13.1. The molecule has 8 heteroatoms. The standard InChI is InChI=1S/C19H23N5O3/c1-14(2)27-17-6-4-3-5-15(17)20-19(26)16-7-8-18(22-21-16)24-11-9-23(13-25)10-12-24/h3-8,13-14H,9-12H2,1-2H3,(H,20,26). The third-order valence-corrected chi connectivity index (χ3v) is 4.17. The minimum atomic E-state index is -0.348. The second-order valence-electron chi connectivity index (χ2n) is 6.52. The van der Waals surface area contributed by atoms with Gasteiger partial charge in [-0.3, -0.25) is 9.59 Å². The lowest BCUT2D eigenvalue weighted by Gasteiger charge is -2.32. The normalized spacial score (nSPS) is 14.2. The molecule has 1 aliphatic rings. The number of ether oxygens (including phenoxy) is 1. The molecule has 1 saturated heterocycles. The summed E-state index contributed by atoms with van der Waals surface area (Å²) in [7, 11) is 0. The molecule has 1 fully saturated rings. The van der Waals surface area contributed by atoms with Crippen molar-refractivity contribution in [2.24, 2.45) is 0 Å². The Hall–Kier alpha value is -3.16. The molecule has 8 nitrogen and oxygen atoms in total. The Bertz CT molecular complexity index is 786. The van der Waals surface area contributed by atoms with Gasteiger partial charge in [-0.25, -0.2) is 0 Å². The maximum absolute atomic E-state index is 12.5. The summed E-state index contributed by atoms with van der Waals surface area (Å²) >= 11 is 0. The van der Waals surface area contributed by atoms with Crippen molar-refractivity contribution in [2.45, 2.75) is 20.0 Å². The van der Waals surface area contributed by atoms with E-state index in [-0.39, 0.29) is 17.7 Å². The molecule has 142 valence electrons. The number of para-hydroxylation sites is 2. The highest BCUT2D eigenvalue weighted by Gasteiger charge is 2.18. The number of piperazine rings is 1. The molecule has 0 spiro atoms. The first-order valence-electron chi connectivity index (χ1n) is 8.92. The van der Waals surface area contributed by atoms with Crippen LogP contribution in [0.2, 0.25) is 0 Å². The van der Waals surface area contributed by atoms with Gasteiger partial charge in [-0.05, 0) is 38.1 Å². The van der Waals surface area contributed by atoms with Gasteiger partial charge in [-0.2, -0.15) is 0 Å². The number of carbonyl (C=O) groups is 2. The van der Waals surface area contributed by atoms with Gasteiger partial charge in [-0.15, -0.1) is 10.2 Å². The maximum atomic E-state index is 12.5. The van der Waals surface area contributed by atoms with Gasteiger partial charge in [0.15, 0.2) is 11.5 Å². The van der Waals surface area contributed by atoms with Crippen LogP contribution in [0.5, 0.6) is 5.75 Å². The smallest absolute Gasteiger partial charge is 0.276 e. The zero-order valence-corrected chi connectivity index (χ0v) is 15.5. The van der Waals surface area contributed by atoms with Gasteiger partial charge in [0.1, 0.15) is 5.75 Å². The predicted octanol–water partition coefficient (Wildman–Crippen LogP) is 1.79. The minimum absolute atomic E-state index is 0.00167. The molecule has 0 radical (unpaired) electrons. The number of rotatable bonds is 6. The van der Waals surface area contributed by atoms with Gasteiger partial charge < -0.3 is 19.9 Å². The van der Waals surface area contributed by atoms with Gasteiger partial charge in [0.25, 0.3) is 5.91 Å². The van der Waals surface area contributed by atoms with Crippen LogP contribution in [0.1, 0.15) is 24.3 Å². The Kier molecular flexibility index (Phi) is 5.85. The topological polar surface area (TPSA) is 87.7 Å². The quantitative estimate of drug-likeness (QED) is 0.781. The molecule has 2 heterocycles. The van der Waals surface area contributed by atoms with E-state index in [0.29, 0.717) is 43.4 Å². The van der Waals surface area contributed by atoms with E-state index >= 15 is 0 Å². The number of nitrogens with one attached hydrogen (secondary N) is 1. The Morgan fingerprint density at radius 3 is 2.48 bits per heavy atom. The van der Waals surface area contributed by atoms with Crippen molar-refractivity contribution < 1.29 is 14.3 Å². The second-order valence-corrected chi connectivity index (χ2v) is 6.52. The highest BCUT2D eigenvalue weighted by atomic mass is 16.5. The summed E-state index contributed by atoms with van der Waals surface area (Å²) in [6.45, 7) is 6.55. The number of amides is 2. The van der Waals surface area contributed by atoms with Crippen molar-refractivity contribution in [1.29, 1.82) is 0 Å². The molecule has 1 aromatic carbocycles. The predicted molar refractivity (Wildman–Crippen MR) is 102 cm³/mol. The average molecular weight is 369 g/mol. The van der Waals surface area contributed by atoms with E-state index < -0.39 is 0 Å². The molecular weight excluding hydrogens is 346 g/mol. The molecular formula is C19H23N5O3. The first kappa shape index (κ1) is 18.6. The summed E-state index contributed by atoms with van der Waals surface area (Å²) in [5.74, 6) is 0.957. The van der Waals surface area contributed by atoms with Crippen LogP contribution in [-0.4, -0.2) is 59.7 Å². The molecule has 2 amide bonds. The Labute approximate surface area is 158 Å². The lowest BCUT2D eigenvalue weighted by Crippen LogP contribution is -2.46. The third-order valence-electron chi connectivity index (χ3n) is 4.17. The van der Waals surface area contributed by atoms with Gasteiger partial charge >= 0.3 is 0 Å². The molecule has 0 unspecified atom stereocenters. The summed E-state index contributed by atoms with van der Waals surface area (Å²) in [5.41, 5.74) is 0.816. The highest BCUT2D eigenvalue weighted by molar-refractivity contribution is 6.03. The van der Waals surface area contributed by atoms with Gasteiger partial charge in [-0.1, -0.05) is 12.1 Å². The van der Waals surface area contributed by atoms with Crippen LogP contribution < -0.4 is 15.0 Å². The van der Waals surface area contributed by atoms with E-state index in [0.717, 1.165) is 6.41 Å². The van der Waals surface area contributed by atoms with Crippen LogP contribution in [0.15, 0.2) is 36.4 Å². The molecule has 2 aromatic rings. The van der Waals surface area contributed by atoms with Crippen molar-refractivity contribution >= 4 is 23.8 Å². The fourth-order valence-corrected chi connectivity index (χ4v) is 2.78. The molecule has 0 aliphatic carbocycles. The van der Waals surface area contributed by atoms with Crippen LogP contribution in [0.25, 0.3) is 0 Å². The minimum Gasteiger partial charge on any atom is -0.489 e. The van der Waals surface area contributed by atoms with E-state index in [2.05, 4.69) is 15.5 Å². The molecule has 1 aliphatic heterocycles. The Morgan fingerprint density at radius 1 is 1.11 bits per heavy atom. The number of aromatic nitrogens is 2. The van der Waals surface area contributed by atoms with E-state index in [1.54, 1.807) is 23.1 Å². The molecule has 0 bridgehead atoms. The molecule has 0 saturated carbocycles. The molecule has 0 atom stereocenters. The lowest BCUT2D eigenvalue weighted by molar-refractivity contribution is -0.118. The van der Waals surface area contributed by atoms with Crippen molar-refractivity contribution in [1.82, 2.24) is 15.1 Å². The Balaban J connectivity index is 1.65. The molecule has 27 heavy (non-hydrogen) atoms. The number of benzene rings is 1. The fraction of sp³-hybridized carbons (Fsp3) is 0.368. The summed E-state index contributed by atoms with van der Waals surface area (Å²) in [6.07, 6.45) is 0.860. The molecule has 1 N–H and O–H groups in total. The zero-order chi connectivity index (χ0) is 19.2. The van der Waals surface area contributed by atoms with Crippen molar-refractivity contribution in [2.75, 3.05) is 36.4 Å². The van der Waals surface area contributed by atoms with Gasteiger partial charge in [0.2, 0.25) is 6.41 Å². The summed E-state index contributed by atoms with van der Waals surface area (Å²) in [4.78, 5) is 27.0. The van der Waals surface area contributed by atoms with E-state index in [1.807, 2.05) is 36.9 Å². The van der Waals surface area contributed by atoms with E-state index in [4.69, 9.17) is 4.74 Å².